The summed E-state index contributed by atoms with van der Waals surface area (Å²) in [5, 5.41) is 2.52. The second-order valence-corrected chi connectivity index (χ2v) is 3.67. The number of cyclic esters (lactones) is 1. The van der Waals surface area contributed by atoms with Gasteiger partial charge in [0.1, 0.15) is 0 Å². The van der Waals surface area contributed by atoms with Gasteiger partial charge in [-0.05, 0) is 19.4 Å². The lowest BCUT2D eigenvalue weighted by Crippen LogP contribution is -2.34. The molecular weight excluding hydrogens is 226 g/mol. The van der Waals surface area contributed by atoms with Crippen LogP contribution >= 0.6 is 0 Å². The van der Waals surface area contributed by atoms with Crippen molar-refractivity contribution in [3.05, 3.63) is 11.6 Å². The maximum absolute atomic E-state index is 11.4. The Balaban J connectivity index is 2.22. The van der Waals surface area contributed by atoms with Crippen molar-refractivity contribution in [1.82, 2.24) is 5.32 Å². The zero-order valence-electron chi connectivity index (χ0n) is 9.82. The van der Waals surface area contributed by atoms with Crippen molar-refractivity contribution in [3.8, 4) is 0 Å². The fourth-order valence-corrected chi connectivity index (χ4v) is 1.33. The summed E-state index contributed by atoms with van der Waals surface area (Å²) in [6.07, 6.45) is 1.65. The number of amides is 1. The molecule has 0 saturated heterocycles. The maximum Gasteiger partial charge on any atom is 0.335 e. The van der Waals surface area contributed by atoms with Crippen LogP contribution in [0, 0.1) is 0 Å². The van der Waals surface area contributed by atoms with Gasteiger partial charge in [0.25, 0.3) is 0 Å². The molecule has 1 N–H and O–H groups in total. The standard InChI is InChI=1S/C11H15NO5/c1-7-6-9(17-11(7)15)12-8(13)4-3-5-10(14)16-2/h6,9H,3-5H2,1-2H3,(H,12,13). The number of methoxy groups -OCH3 is 1. The molecule has 0 aromatic carbocycles. The molecule has 94 valence electrons. The molecule has 1 aliphatic heterocycles. The summed E-state index contributed by atoms with van der Waals surface area (Å²) in [6, 6.07) is 0. The molecule has 0 radical (unpaired) electrons. The lowest BCUT2D eigenvalue weighted by atomic mass is 10.2. The second kappa shape index (κ2) is 6.03. The predicted molar refractivity (Wildman–Crippen MR) is 57.6 cm³/mol. The molecule has 1 amide bonds. The van der Waals surface area contributed by atoms with Crippen LogP contribution in [0.5, 0.6) is 0 Å². The van der Waals surface area contributed by atoms with Crippen LogP contribution in [0.25, 0.3) is 0 Å². The van der Waals surface area contributed by atoms with Crippen molar-refractivity contribution in [2.75, 3.05) is 7.11 Å². The zero-order chi connectivity index (χ0) is 12.8. The molecule has 0 saturated carbocycles. The minimum atomic E-state index is -0.687. The molecule has 0 aliphatic carbocycles. The van der Waals surface area contributed by atoms with E-state index in [1.807, 2.05) is 0 Å². The van der Waals surface area contributed by atoms with E-state index < -0.39 is 12.2 Å². The number of nitrogens with one attached hydrogen (secondary N) is 1. The smallest absolute Gasteiger partial charge is 0.335 e. The number of ether oxygens (including phenoxy) is 2. The Morgan fingerprint density at radius 2 is 2.18 bits per heavy atom. The van der Waals surface area contributed by atoms with Gasteiger partial charge in [-0.3, -0.25) is 9.59 Å². The molecular formula is C11H15NO5. The van der Waals surface area contributed by atoms with Crippen LogP contribution in [0.15, 0.2) is 11.6 Å². The first-order valence-corrected chi connectivity index (χ1v) is 5.28. The van der Waals surface area contributed by atoms with Gasteiger partial charge in [0.2, 0.25) is 5.91 Å². The van der Waals surface area contributed by atoms with E-state index in [9.17, 15) is 14.4 Å². The SMILES string of the molecule is COC(=O)CCCC(=O)NC1C=C(C)C(=O)O1. The third kappa shape index (κ3) is 4.26. The fourth-order valence-electron chi connectivity index (χ4n) is 1.33. The van der Waals surface area contributed by atoms with Gasteiger partial charge in [-0.2, -0.15) is 0 Å². The first-order chi connectivity index (χ1) is 8.02. The van der Waals surface area contributed by atoms with Crippen LogP contribution in [0.3, 0.4) is 0 Å². The Morgan fingerprint density at radius 1 is 1.47 bits per heavy atom. The highest BCUT2D eigenvalue weighted by atomic mass is 16.6. The topological polar surface area (TPSA) is 81.7 Å². The lowest BCUT2D eigenvalue weighted by Gasteiger charge is -2.10. The van der Waals surface area contributed by atoms with Gasteiger partial charge in [-0.15, -0.1) is 0 Å². The monoisotopic (exact) mass is 241 g/mol. The number of carbonyl (C=O) groups is 3. The maximum atomic E-state index is 11.4. The van der Waals surface area contributed by atoms with E-state index in [0.29, 0.717) is 12.0 Å². The van der Waals surface area contributed by atoms with E-state index in [-0.39, 0.29) is 24.7 Å². The van der Waals surface area contributed by atoms with Crippen molar-refractivity contribution >= 4 is 17.8 Å². The van der Waals surface area contributed by atoms with Crippen molar-refractivity contribution < 1.29 is 23.9 Å². The number of hydrogen-bond donors (Lipinski definition) is 1. The third-order valence-electron chi connectivity index (χ3n) is 2.27. The summed E-state index contributed by atoms with van der Waals surface area (Å²) in [4.78, 5) is 33.2. The van der Waals surface area contributed by atoms with Crippen molar-refractivity contribution in [2.45, 2.75) is 32.4 Å². The van der Waals surface area contributed by atoms with E-state index >= 15 is 0 Å². The highest BCUT2D eigenvalue weighted by Crippen LogP contribution is 2.10. The average Bonchev–Trinajstić information content (AvgIpc) is 2.57. The van der Waals surface area contributed by atoms with Crippen LogP contribution in [-0.4, -0.2) is 31.2 Å². The number of esters is 2. The molecule has 6 heteroatoms. The Bertz CT molecular complexity index is 361. The summed E-state index contributed by atoms with van der Waals surface area (Å²) in [6.45, 7) is 1.62. The summed E-state index contributed by atoms with van der Waals surface area (Å²) in [5.74, 6) is -1.04. The molecule has 1 rings (SSSR count). The number of carbonyl (C=O) groups excluding carboxylic acids is 3. The Labute approximate surface area is 99.0 Å². The lowest BCUT2D eigenvalue weighted by molar-refractivity contribution is -0.142. The number of hydrogen-bond acceptors (Lipinski definition) is 5. The predicted octanol–water partition coefficient (Wildman–Crippen LogP) is 0.275. The highest BCUT2D eigenvalue weighted by molar-refractivity contribution is 5.90. The first kappa shape index (κ1) is 13.2. The van der Waals surface area contributed by atoms with Crippen LogP contribution < -0.4 is 5.32 Å². The molecule has 0 spiro atoms. The molecule has 0 fully saturated rings. The van der Waals surface area contributed by atoms with Gasteiger partial charge in [-0.1, -0.05) is 0 Å². The van der Waals surface area contributed by atoms with E-state index in [0.717, 1.165) is 0 Å². The Kier molecular flexibility index (Phi) is 4.68. The largest absolute Gasteiger partial charge is 0.469 e. The van der Waals surface area contributed by atoms with Crippen LogP contribution in [0.2, 0.25) is 0 Å². The normalized spacial score (nSPS) is 18.4. The second-order valence-electron chi connectivity index (χ2n) is 3.67. The summed E-state index contributed by atoms with van der Waals surface area (Å²) < 4.78 is 9.28. The van der Waals surface area contributed by atoms with Crippen molar-refractivity contribution in [3.63, 3.8) is 0 Å². The van der Waals surface area contributed by atoms with Crippen molar-refractivity contribution in [2.24, 2.45) is 0 Å². The van der Waals surface area contributed by atoms with E-state index in [2.05, 4.69) is 10.1 Å². The van der Waals surface area contributed by atoms with Gasteiger partial charge < -0.3 is 14.8 Å². The molecule has 1 atom stereocenters. The molecule has 0 aromatic heterocycles. The summed E-state index contributed by atoms with van der Waals surface area (Å²) in [5.41, 5.74) is 0.477. The van der Waals surface area contributed by atoms with E-state index in [1.54, 1.807) is 13.0 Å². The summed E-state index contributed by atoms with van der Waals surface area (Å²) in [7, 11) is 1.30. The minimum Gasteiger partial charge on any atom is -0.469 e. The van der Waals surface area contributed by atoms with Gasteiger partial charge in [0.05, 0.1) is 7.11 Å². The van der Waals surface area contributed by atoms with Gasteiger partial charge in [0, 0.05) is 18.4 Å². The minimum absolute atomic E-state index is 0.191. The molecule has 1 aliphatic rings. The fraction of sp³-hybridized carbons (Fsp3) is 0.545. The van der Waals surface area contributed by atoms with E-state index in [1.165, 1.54) is 7.11 Å². The molecule has 1 heterocycles. The van der Waals surface area contributed by atoms with Gasteiger partial charge in [0.15, 0.2) is 6.23 Å². The van der Waals surface area contributed by atoms with Crippen molar-refractivity contribution in [1.29, 1.82) is 0 Å². The molecule has 0 bridgehead atoms. The molecule has 6 nitrogen and oxygen atoms in total. The zero-order valence-corrected chi connectivity index (χ0v) is 9.82. The molecule has 1 unspecified atom stereocenters. The van der Waals surface area contributed by atoms with Gasteiger partial charge in [-0.25, -0.2) is 4.79 Å². The Hall–Kier alpha value is -1.85. The highest BCUT2D eigenvalue weighted by Gasteiger charge is 2.23. The molecule has 17 heavy (non-hydrogen) atoms. The average molecular weight is 241 g/mol. The number of rotatable bonds is 5. The summed E-state index contributed by atoms with van der Waals surface area (Å²) >= 11 is 0. The Morgan fingerprint density at radius 3 is 2.71 bits per heavy atom. The van der Waals surface area contributed by atoms with Crippen LogP contribution in [-0.2, 0) is 23.9 Å². The molecule has 0 aromatic rings. The van der Waals surface area contributed by atoms with Crippen LogP contribution in [0.1, 0.15) is 26.2 Å². The first-order valence-electron chi connectivity index (χ1n) is 5.28. The van der Waals surface area contributed by atoms with Crippen LogP contribution in [0.4, 0.5) is 0 Å². The van der Waals surface area contributed by atoms with E-state index in [4.69, 9.17) is 4.74 Å². The van der Waals surface area contributed by atoms with Gasteiger partial charge >= 0.3 is 11.9 Å². The quantitative estimate of drug-likeness (QED) is 0.699. The third-order valence-corrected chi connectivity index (χ3v) is 2.27.